The molecule has 1 saturated carbocycles. The Morgan fingerprint density at radius 3 is 1.93 bits per heavy atom. The molecular formula is C13H29N. The van der Waals surface area contributed by atoms with Gasteiger partial charge in [-0.15, -0.1) is 0 Å². The van der Waals surface area contributed by atoms with Gasteiger partial charge >= 0.3 is 0 Å². The van der Waals surface area contributed by atoms with Crippen molar-refractivity contribution in [3.8, 4) is 0 Å². The Kier molecular flexibility index (Phi) is 7.26. The van der Waals surface area contributed by atoms with E-state index in [4.69, 9.17) is 0 Å². The van der Waals surface area contributed by atoms with Crippen molar-refractivity contribution >= 4 is 0 Å². The van der Waals surface area contributed by atoms with Crippen molar-refractivity contribution in [1.29, 1.82) is 0 Å². The van der Waals surface area contributed by atoms with Crippen LogP contribution in [-0.2, 0) is 0 Å². The lowest BCUT2D eigenvalue weighted by atomic mass is 9.88. The Bertz CT molecular complexity index is 125. The molecule has 0 bridgehead atoms. The van der Waals surface area contributed by atoms with Crippen molar-refractivity contribution < 1.29 is 0 Å². The Morgan fingerprint density at radius 2 is 1.71 bits per heavy atom. The second-order valence-corrected chi connectivity index (χ2v) is 5.20. The van der Waals surface area contributed by atoms with E-state index < -0.39 is 0 Å². The van der Waals surface area contributed by atoms with Crippen LogP contribution in [0.5, 0.6) is 0 Å². The van der Waals surface area contributed by atoms with Gasteiger partial charge in [0.1, 0.15) is 0 Å². The van der Waals surface area contributed by atoms with Gasteiger partial charge in [0.15, 0.2) is 0 Å². The Labute approximate surface area is 90.7 Å². The molecule has 0 unspecified atom stereocenters. The molecule has 0 aliphatic heterocycles. The van der Waals surface area contributed by atoms with Gasteiger partial charge in [-0.1, -0.05) is 40.0 Å². The van der Waals surface area contributed by atoms with Crippen LogP contribution in [0.25, 0.3) is 0 Å². The highest BCUT2D eigenvalue weighted by Crippen LogP contribution is 2.24. The van der Waals surface area contributed by atoms with Gasteiger partial charge < -0.3 is 5.32 Å². The highest BCUT2D eigenvalue weighted by atomic mass is 14.9. The molecule has 86 valence electrons. The SMILES string of the molecule is CC1CCC1.CCCNC(C)(C)CC. The molecular weight excluding hydrogens is 170 g/mol. The minimum absolute atomic E-state index is 0.343. The van der Waals surface area contributed by atoms with Crippen molar-refractivity contribution in [1.82, 2.24) is 5.32 Å². The van der Waals surface area contributed by atoms with E-state index in [0.717, 1.165) is 12.5 Å². The average molecular weight is 199 g/mol. The van der Waals surface area contributed by atoms with E-state index in [2.05, 4.69) is 39.9 Å². The van der Waals surface area contributed by atoms with E-state index in [1.54, 1.807) is 0 Å². The maximum atomic E-state index is 3.46. The first kappa shape index (κ1) is 14.0. The van der Waals surface area contributed by atoms with Crippen molar-refractivity contribution in [2.45, 2.75) is 72.3 Å². The molecule has 1 nitrogen and oxygen atoms in total. The summed E-state index contributed by atoms with van der Waals surface area (Å²) in [5.41, 5.74) is 0.343. The van der Waals surface area contributed by atoms with E-state index >= 15 is 0 Å². The van der Waals surface area contributed by atoms with Crippen LogP contribution in [0.2, 0.25) is 0 Å². The summed E-state index contributed by atoms with van der Waals surface area (Å²) in [5.74, 6) is 1.06. The van der Waals surface area contributed by atoms with Crippen LogP contribution in [0.15, 0.2) is 0 Å². The molecule has 1 heteroatoms. The summed E-state index contributed by atoms with van der Waals surface area (Å²) in [5, 5.41) is 3.46. The molecule has 0 atom stereocenters. The van der Waals surface area contributed by atoms with E-state index in [-0.39, 0.29) is 0 Å². The molecule has 0 spiro atoms. The van der Waals surface area contributed by atoms with Crippen LogP contribution >= 0.6 is 0 Å². The van der Waals surface area contributed by atoms with Gasteiger partial charge in [-0.3, -0.25) is 0 Å². The largest absolute Gasteiger partial charge is 0.312 e. The van der Waals surface area contributed by atoms with Crippen molar-refractivity contribution in [3.63, 3.8) is 0 Å². The molecule has 0 aromatic carbocycles. The normalized spacial score (nSPS) is 16.9. The molecule has 0 amide bonds. The summed E-state index contributed by atoms with van der Waals surface area (Å²) in [6.45, 7) is 12.3. The molecule has 1 fully saturated rings. The fraction of sp³-hybridized carbons (Fsp3) is 1.00. The van der Waals surface area contributed by atoms with Gasteiger partial charge in [0.25, 0.3) is 0 Å². The standard InChI is InChI=1S/C8H19N.C5H10/c1-5-7-9-8(3,4)6-2;1-5-3-2-4-5/h9H,5-7H2,1-4H3;5H,2-4H2,1H3. The fourth-order valence-electron chi connectivity index (χ4n) is 1.20. The summed E-state index contributed by atoms with van der Waals surface area (Å²) in [6, 6.07) is 0. The third-order valence-electron chi connectivity index (χ3n) is 3.13. The van der Waals surface area contributed by atoms with Crippen LogP contribution in [0.4, 0.5) is 0 Å². The molecule has 1 N–H and O–H groups in total. The van der Waals surface area contributed by atoms with Crippen LogP contribution < -0.4 is 5.32 Å². The van der Waals surface area contributed by atoms with Gasteiger partial charge in [-0.2, -0.15) is 0 Å². The van der Waals surface area contributed by atoms with Crippen LogP contribution in [0.3, 0.4) is 0 Å². The zero-order chi connectivity index (χ0) is 11.0. The maximum absolute atomic E-state index is 3.46. The Hall–Kier alpha value is -0.0400. The van der Waals surface area contributed by atoms with E-state index in [0.29, 0.717) is 5.54 Å². The van der Waals surface area contributed by atoms with Gasteiger partial charge in [-0.25, -0.2) is 0 Å². The zero-order valence-electron chi connectivity index (χ0n) is 10.8. The predicted molar refractivity (Wildman–Crippen MR) is 65.7 cm³/mol. The summed E-state index contributed by atoms with van der Waals surface area (Å²) >= 11 is 0. The topological polar surface area (TPSA) is 12.0 Å². The molecule has 0 aromatic rings. The van der Waals surface area contributed by atoms with Gasteiger partial charge in [0.05, 0.1) is 0 Å². The minimum atomic E-state index is 0.343. The molecule has 0 aromatic heterocycles. The van der Waals surface area contributed by atoms with Crippen LogP contribution in [-0.4, -0.2) is 12.1 Å². The lowest BCUT2D eigenvalue weighted by molar-refractivity contribution is 0.346. The third kappa shape index (κ3) is 7.37. The summed E-state index contributed by atoms with van der Waals surface area (Å²) < 4.78 is 0. The first-order chi connectivity index (χ1) is 6.52. The van der Waals surface area contributed by atoms with Crippen molar-refractivity contribution in [2.24, 2.45) is 5.92 Å². The molecule has 1 rings (SSSR count). The van der Waals surface area contributed by atoms with Gasteiger partial charge in [0.2, 0.25) is 0 Å². The first-order valence-corrected chi connectivity index (χ1v) is 6.27. The minimum Gasteiger partial charge on any atom is -0.312 e. The molecule has 14 heavy (non-hydrogen) atoms. The van der Waals surface area contributed by atoms with E-state index in [1.807, 2.05) is 0 Å². The lowest BCUT2D eigenvalue weighted by Crippen LogP contribution is -2.38. The maximum Gasteiger partial charge on any atom is 0.0122 e. The molecule has 0 radical (unpaired) electrons. The molecule has 0 heterocycles. The first-order valence-electron chi connectivity index (χ1n) is 6.27. The Morgan fingerprint density at radius 1 is 1.21 bits per heavy atom. The second kappa shape index (κ2) is 7.28. The van der Waals surface area contributed by atoms with Crippen molar-refractivity contribution in [2.75, 3.05) is 6.54 Å². The fourth-order valence-corrected chi connectivity index (χ4v) is 1.20. The summed E-state index contributed by atoms with van der Waals surface area (Å²) in [7, 11) is 0. The second-order valence-electron chi connectivity index (χ2n) is 5.20. The molecule has 0 saturated heterocycles. The van der Waals surface area contributed by atoms with E-state index in [1.165, 1.54) is 32.1 Å². The average Bonchev–Trinajstić information content (AvgIpc) is 2.13. The highest BCUT2D eigenvalue weighted by Gasteiger charge is 2.11. The molecule has 1 aliphatic carbocycles. The smallest absolute Gasteiger partial charge is 0.0122 e. The third-order valence-corrected chi connectivity index (χ3v) is 3.13. The molecule has 1 aliphatic rings. The van der Waals surface area contributed by atoms with Gasteiger partial charge in [0, 0.05) is 5.54 Å². The number of hydrogen-bond donors (Lipinski definition) is 1. The summed E-state index contributed by atoms with van der Waals surface area (Å²) in [6.07, 6.45) is 6.89. The summed E-state index contributed by atoms with van der Waals surface area (Å²) in [4.78, 5) is 0. The predicted octanol–water partition coefficient (Wildman–Crippen LogP) is 3.98. The Balaban J connectivity index is 0.000000280. The van der Waals surface area contributed by atoms with Crippen LogP contribution in [0, 0.1) is 5.92 Å². The monoisotopic (exact) mass is 199 g/mol. The quantitative estimate of drug-likeness (QED) is 0.722. The number of hydrogen-bond acceptors (Lipinski definition) is 1. The zero-order valence-corrected chi connectivity index (χ0v) is 10.8. The van der Waals surface area contributed by atoms with Crippen molar-refractivity contribution in [3.05, 3.63) is 0 Å². The number of nitrogens with one attached hydrogen (secondary N) is 1. The highest BCUT2D eigenvalue weighted by molar-refractivity contribution is 4.73. The number of rotatable bonds is 4. The van der Waals surface area contributed by atoms with Crippen LogP contribution in [0.1, 0.15) is 66.7 Å². The van der Waals surface area contributed by atoms with E-state index in [9.17, 15) is 0 Å². The lowest BCUT2D eigenvalue weighted by Gasteiger charge is -2.23. The van der Waals surface area contributed by atoms with Gasteiger partial charge in [-0.05, 0) is 39.2 Å².